The summed E-state index contributed by atoms with van der Waals surface area (Å²) in [7, 11) is 0. The van der Waals surface area contributed by atoms with Crippen LogP contribution in [0.3, 0.4) is 0 Å². The molecule has 8 heavy (non-hydrogen) atoms. The second kappa shape index (κ2) is 15.8. The van der Waals surface area contributed by atoms with Gasteiger partial charge in [-0.15, -0.1) is 0 Å². The molecule has 0 fully saturated rings. The molecule has 0 aliphatic rings. The first-order valence-corrected chi connectivity index (χ1v) is 2.70. The number of hydrazine groups is 2. The van der Waals surface area contributed by atoms with E-state index in [1.807, 2.05) is 0 Å². The number of hydrogen-bond acceptors (Lipinski definition) is 4. The van der Waals surface area contributed by atoms with Crippen molar-refractivity contribution in [2.45, 2.75) is 13.8 Å². The van der Waals surface area contributed by atoms with Gasteiger partial charge in [-0.05, 0) is 0 Å². The molecule has 0 atom stereocenters. The van der Waals surface area contributed by atoms with Crippen LogP contribution in [0, 0.1) is 0 Å². The fraction of sp³-hybridized carbons (Fsp3) is 1.00. The maximum atomic E-state index is 4.00. The average Bonchev–Trinajstić information content (AvgIpc) is 1.88. The van der Waals surface area contributed by atoms with Gasteiger partial charge >= 0.3 is 0 Å². The van der Waals surface area contributed by atoms with Crippen molar-refractivity contribution in [3.63, 3.8) is 0 Å². The first-order chi connectivity index (χ1) is 3.91. The van der Waals surface area contributed by atoms with Gasteiger partial charge in [0, 0.05) is 13.1 Å². The van der Waals surface area contributed by atoms with E-state index in [0.29, 0.717) is 0 Å². The Morgan fingerprint density at radius 3 is 1.38 bits per heavy atom. The Balaban J connectivity index is 0. The third-order valence-electron chi connectivity index (χ3n) is 0.479. The molecule has 0 spiro atoms. The van der Waals surface area contributed by atoms with E-state index in [4.69, 9.17) is 0 Å². The predicted molar refractivity (Wildman–Crippen MR) is 35.7 cm³/mol. The molecular weight excluding hydrogens is 104 g/mol. The van der Waals surface area contributed by atoms with Gasteiger partial charge in [0.1, 0.15) is 0 Å². The van der Waals surface area contributed by atoms with Gasteiger partial charge in [-0.2, -0.15) is 0 Å². The van der Waals surface area contributed by atoms with Crippen LogP contribution in [0.1, 0.15) is 13.8 Å². The molecule has 0 saturated heterocycles. The van der Waals surface area contributed by atoms with Crippen molar-refractivity contribution in [1.82, 2.24) is 10.9 Å². The molecule has 0 amide bonds. The Hall–Kier alpha value is -0.160. The zero-order valence-electron chi connectivity index (χ0n) is 5.57. The Labute approximate surface area is 50.6 Å². The van der Waals surface area contributed by atoms with Crippen molar-refractivity contribution >= 4 is 0 Å². The van der Waals surface area contributed by atoms with E-state index in [9.17, 15) is 0 Å². The minimum atomic E-state index is 0.994. The Morgan fingerprint density at radius 1 is 1.00 bits per heavy atom. The molecule has 4 nitrogen and oxygen atoms in total. The quantitative estimate of drug-likeness (QED) is 0.217. The van der Waals surface area contributed by atoms with Crippen LogP contribution < -0.4 is 22.5 Å². The molecule has 0 bridgehead atoms. The lowest BCUT2D eigenvalue weighted by Gasteiger charge is -1.95. The molecule has 0 aliphatic heterocycles. The van der Waals surface area contributed by atoms with E-state index >= 15 is 0 Å². The number of rotatable bonds is 3. The summed E-state index contributed by atoms with van der Waals surface area (Å²) in [5.74, 6) is 8.00. The minimum Gasteiger partial charge on any atom is -0.274 e. The van der Waals surface area contributed by atoms with Gasteiger partial charge in [0.15, 0.2) is 0 Å². The summed E-state index contributed by atoms with van der Waals surface area (Å²) in [6.07, 6.45) is 0. The van der Waals surface area contributed by atoms with Crippen LogP contribution in [-0.2, 0) is 0 Å². The zero-order chi connectivity index (χ0) is 6.83. The second-order valence-corrected chi connectivity index (χ2v) is 1.06. The summed E-state index contributed by atoms with van der Waals surface area (Å²) >= 11 is 0. The lowest BCUT2D eigenvalue weighted by molar-refractivity contribution is 0.573. The third kappa shape index (κ3) is 17.0. The molecule has 0 aliphatic carbocycles. The van der Waals surface area contributed by atoms with Crippen LogP contribution in [0.25, 0.3) is 0 Å². The molecular formula is C4H16N4. The summed E-state index contributed by atoms with van der Waals surface area (Å²) in [5, 5.41) is 0. The highest BCUT2D eigenvalue weighted by Gasteiger charge is 1.67. The largest absolute Gasteiger partial charge is 0.274 e. The molecule has 6 N–H and O–H groups in total. The van der Waals surface area contributed by atoms with Crippen molar-refractivity contribution in [1.29, 1.82) is 0 Å². The van der Waals surface area contributed by atoms with E-state index in [1.165, 1.54) is 0 Å². The number of nitrogens with two attached hydrogens (primary N) is 2. The minimum absolute atomic E-state index is 0.994. The van der Waals surface area contributed by atoms with Gasteiger partial charge in [0.2, 0.25) is 0 Å². The molecule has 0 aromatic heterocycles. The molecule has 0 rings (SSSR count). The maximum absolute atomic E-state index is 4.00. The highest BCUT2D eigenvalue weighted by molar-refractivity contribution is 4.25. The average molecular weight is 120 g/mol. The summed E-state index contributed by atoms with van der Waals surface area (Å²) in [5.41, 5.74) is 5.90. The van der Waals surface area contributed by atoms with Crippen LogP contribution in [0.2, 0.25) is 0 Å². The molecule has 0 saturated carbocycles. The molecule has 0 radical (unpaired) electrons. The Morgan fingerprint density at radius 2 is 1.25 bits per heavy atom. The van der Waals surface area contributed by atoms with Gasteiger partial charge in [-0.1, -0.05) is 13.8 Å². The molecule has 52 valence electrons. The van der Waals surface area contributed by atoms with Crippen molar-refractivity contribution < 1.29 is 0 Å². The van der Waals surface area contributed by atoms with Crippen LogP contribution in [-0.4, -0.2) is 13.1 Å². The topological polar surface area (TPSA) is 76.1 Å². The van der Waals surface area contributed by atoms with Gasteiger partial charge in [-0.3, -0.25) is 22.5 Å². The van der Waals surface area contributed by atoms with E-state index in [2.05, 4.69) is 36.4 Å². The fourth-order valence-electron chi connectivity index (χ4n) is 0.250. The van der Waals surface area contributed by atoms with Gasteiger partial charge in [-0.25, -0.2) is 0 Å². The van der Waals surface area contributed by atoms with Crippen molar-refractivity contribution in [3.8, 4) is 0 Å². The van der Waals surface area contributed by atoms with Gasteiger partial charge in [0.05, 0.1) is 0 Å². The standard InChI is InChI=1S/C4H12N2.H4N2/c1-3-5-6-4-2;1-2/h5-6H,3-4H2,1-2H3;1-2H2. The molecule has 0 unspecified atom stereocenters. The first-order valence-electron chi connectivity index (χ1n) is 2.70. The van der Waals surface area contributed by atoms with Crippen LogP contribution in [0.5, 0.6) is 0 Å². The predicted octanol–water partition coefficient (Wildman–Crippen LogP) is -1.06. The number of hydrogen-bond donors (Lipinski definition) is 4. The monoisotopic (exact) mass is 120 g/mol. The lowest BCUT2D eigenvalue weighted by Crippen LogP contribution is -2.30. The Bertz CT molecular complexity index is 20.0. The van der Waals surface area contributed by atoms with Crippen molar-refractivity contribution in [2.24, 2.45) is 11.7 Å². The Kier molecular flexibility index (Phi) is 21.3. The summed E-state index contributed by atoms with van der Waals surface area (Å²) in [4.78, 5) is 0. The summed E-state index contributed by atoms with van der Waals surface area (Å²) < 4.78 is 0. The van der Waals surface area contributed by atoms with Crippen molar-refractivity contribution in [2.75, 3.05) is 13.1 Å². The second-order valence-electron chi connectivity index (χ2n) is 1.06. The van der Waals surface area contributed by atoms with E-state index < -0.39 is 0 Å². The van der Waals surface area contributed by atoms with E-state index in [-0.39, 0.29) is 0 Å². The van der Waals surface area contributed by atoms with Crippen molar-refractivity contribution in [3.05, 3.63) is 0 Å². The van der Waals surface area contributed by atoms with Crippen LogP contribution in [0.15, 0.2) is 0 Å². The third-order valence-corrected chi connectivity index (χ3v) is 0.479. The molecule has 0 heterocycles. The SMILES string of the molecule is CCNNCC.NN. The van der Waals surface area contributed by atoms with E-state index in [0.717, 1.165) is 13.1 Å². The first kappa shape index (κ1) is 10.8. The molecule has 0 aromatic rings. The van der Waals surface area contributed by atoms with Crippen LogP contribution in [0.4, 0.5) is 0 Å². The van der Waals surface area contributed by atoms with Gasteiger partial charge in [0.25, 0.3) is 0 Å². The molecule has 0 aromatic carbocycles. The lowest BCUT2D eigenvalue weighted by atomic mass is 10.8. The smallest absolute Gasteiger partial charge is 0.00713 e. The maximum Gasteiger partial charge on any atom is 0.00713 e. The highest BCUT2D eigenvalue weighted by Crippen LogP contribution is 1.44. The summed E-state index contributed by atoms with van der Waals surface area (Å²) in [6, 6.07) is 0. The fourth-order valence-corrected chi connectivity index (χ4v) is 0.250. The highest BCUT2D eigenvalue weighted by atomic mass is 15.3. The zero-order valence-corrected chi connectivity index (χ0v) is 5.57. The van der Waals surface area contributed by atoms with Crippen LogP contribution >= 0.6 is 0 Å². The van der Waals surface area contributed by atoms with Gasteiger partial charge < -0.3 is 0 Å². The number of nitrogens with one attached hydrogen (secondary N) is 2. The normalized spacial score (nSPS) is 7.50. The van der Waals surface area contributed by atoms with E-state index in [1.54, 1.807) is 0 Å². The molecule has 4 heteroatoms. The summed E-state index contributed by atoms with van der Waals surface area (Å²) in [6.45, 7) is 6.10.